The maximum absolute atomic E-state index is 12.2. The Morgan fingerprint density at radius 3 is 2.26 bits per heavy atom. The van der Waals surface area contributed by atoms with Gasteiger partial charge in [0.15, 0.2) is 0 Å². The van der Waals surface area contributed by atoms with Gasteiger partial charge in [0.25, 0.3) is 5.91 Å². The highest BCUT2D eigenvalue weighted by atomic mass is 16.2. The summed E-state index contributed by atoms with van der Waals surface area (Å²) in [4.78, 5) is 12.2. The summed E-state index contributed by atoms with van der Waals surface area (Å²) < 4.78 is 1.67. The molecule has 0 aliphatic heterocycles. The van der Waals surface area contributed by atoms with E-state index >= 15 is 0 Å². The van der Waals surface area contributed by atoms with Gasteiger partial charge in [-0.05, 0) is 47.5 Å². The number of aromatic nitrogens is 2. The minimum Gasteiger partial charge on any atom is -0.271 e. The third-order valence-corrected chi connectivity index (χ3v) is 4.59. The van der Waals surface area contributed by atoms with Gasteiger partial charge >= 0.3 is 0 Å². The number of carbonyl (C=O) groups is 1. The monoisotopic (exact) mass is 356 g/mol. The SMILES string of the molecule is Cc1cc(C)n(CC(=O)N/N=C/c2c3ccccc3cc3ccccc23)n1. The largest absolute Gasteiger partial charge is 0.271 e. The number of benzene rings is 3. The summed E-state index contributed by atoms with van der Waals surface area (Å²) in [5.74, 6) is -0.206. The van der Waals surface area contributed by atoms with Gasteiger partial charge in [0.1, 0.15) is 6.54 Å². The van der Waals surface area contributed by atoms with E-state index in [2.05, 4.69) is 46.0 Å². The third-order valence-electron chi connectivity index (χ3n) is 4.59. The van der Waals surface area contributed by atoms with Gasteiger partial charge in [-0.1, -0.05) is 48.5 Å². The molecule has 5 heteroatoms. The number of rotatable bonds is 4. The fourth-order valence-corrected chi connectivity index (χ4v) is 3.36. The van der Waals surface area contributed by atoms with E-state index in [1.807, 2.05) is 44.2 Å². The molecule has 0 saturated heterocycles. The van der Waals surface area contributed by atoms with Crippen molar-refractivity contribution in [1.82, 2.24) is 15.2 Å². The predicted octanol–water partition coefficient (Wildman–Crippen LogP) is 3.96. The third kappa shape index (κ3) is 3.44. The van der Waals surface area contributed by atoms with E-state index in [4.69, 9.17) is 0 Å². The maximum Gasteiger partial charge on any atom is 0.261 e. The molecule has 4 rings (SSSR count). The van der Waals surface area contributed by atoms with Crippen LogP contribution in [0.3, 0.4) is 0 Å². The molecule has 0 atom stereocenters. The van der Waals surface area contributed by atoms with Crippen LogP contribution in [0.1, 0.15) is 17.0 Å². The van der Waals surface area contributed by atoms with Crippen LogP contribution in [0, 0.1) is 13.8 Å². The van der Waals surface area contributed by atoms with Crippen LogP contribution in [-0.2, 0) is 11.3 Å². The van der Waals surface area contributed by atoms with Crippen LogP contribution in [0.25, 0.3) is 21.5 Å². The molecule has 0 spiro atoms. The van der Waals surface area contributed by atoms with Crippen LogP contribution in [-0.4, -0.2) is 21.9 Å². The van der Waals surface area contributed by atoms with E-state index in [0.717, 1.165) is 38.5 Å². The summed E-state index contributed by atoms with van der Waals surface area (Å²) in [7, 11) is 0. The first-order valence-electron chi connectivity index (χ1n) is 8.85. The zero-order chi connectivity index (χ0) is 18.8. The molecule has 0 radical (unpaired) electrons. The molecule has 1 heterocycles. The van der Waals surface area contributed by atoms with Crippen LogP contribution in [0.15, 0.2) is 65.8 Å². The summed E-state index contributed by atoms with van der Waals surface area (Å²) in [5.41, 5.74) is 5.46. The second-order valence-electron chi connectivity index (χ2n) is 6.61. The molecule has 134 valence electrons. The van der Waals surface area contributed by atoms with Crippen molar-refractivity contribution >= 4 is 33.7 Å². The van der Waals surface area contributed by atoms with E-state index < -0.39 is 0 Å². The van der Waals surface area contributed by atoms with E-state index in [9.17, 15) is 4.79 Å². The molecule has 0 unspecified atom stereocenters. The van der Waals surface area contributed by atoms with Gasteiger partial charge in [0.2, 0.25) is 0 Å². The smallest absolute Gasteiger partial charge is 0.261 e. The number of carbonyl (C=O) groups excluding carboxylic acids is 1. The Bertz CT molecular complexity index is 1120. The van der Waals surface area contributed by atoms with Gasteiger partial charge in [-0.3, -0.25) is 9.48 Å². The van der Waals surface area contributed by atoms with Crippen LogP contribution < -0.4 is 5.43 Å². The van der Waals surface area contributed by atoms with E-state index in [1.165, 1.54) is 0 Å². The first-order valence-corrected chi connectivity index (χ1v) is 8.85. The second-order valence-corrected chi connectivity index (χ2v) is 6.61. The van der Waals surface area contributed by atoms with Crippen molar-refractivity contribution in [2.75, 3.05) is 0 Å². The molecule has 1 N–H and O–H groups in total. The highest BCUT2D eigenvalue weighted by Crippen LogP contribution is 2.27. The average Bonchev–Trinajstić information content (AvgIpc) is 2.98. The number of hydrazone groups is 1. The standard InChI is InChI=1S/C22H20N4O/c1-15-11-16(2)26(25-15)14-22(27)24-23-13-21-19-9-5-3-7-17(19)12-18-8-4-6-10-20(18)21/h3-13H,14H2,1-2H3,(H,24,27)/b23-13+. The van der Waals surface area contributed by atoms with E-state index in [0.29, 0.717) is 0 Å². The second kappa shape index (κ2) is 7.03. The normalized spacial score (nSPS) is 11.5. The zero-order valence-electron chi connectivity index (χ0n) is 15.3. The minimum atomic E-state index is -0.206. The number of nitrogens with one attached hydrogen (secondary N) is 1. The summed E-state index contributed by atoms with van der Waals surface area (Å²) in [6.45, 7) is 3.98. The molecule has 0 saturated carbocycles. The fourth-order valence-electron chi connectivity index (χ4n) is 3.36. The first kappa shape index (κ1) is 17.0. The molecule has 5 nitrogen and oxygen atoms in total. The number of amides is 1. The Balaban J connectivity index is 1.62. The van der Waals surface area contributed by atoms with Crippen molar-refractivity contribution in [1.29, 1.82) is 0 Å². The van der Waals surface area contributed by atoms with Crippen molar-refractivity contribution in [2.45, 2.75) is 20.4 Å². The minimum absolute atomic E-state index is 0.146. The molecule has 0 fully saturated rings. The number of nitrogens with zero attached hydrogens (tertiary/aromatic N) is 3. The van der Waals surface area contributed by atoms with Crippen molar-refractivity contribution in [3.8, 4) is 0 Å². The van der Waals surface area contributed by atoms with Gasteiger partial charge in [-0.25, -0.2) is 5.43 Å². The summed E-state index contributed by atoms with van der Waals surface area (Å²) in [6, 6.07) is 20.5. The van der Waals surface area contributed by atoms with Gasteiger partial charge in [0, 0.05) is 11.3 Å². The van der Waals surface area contributed by atoms with Crippen LogP contribution in [0.4, 0.5) is 0 Å². The quantitative estimate of drug-likeness (QED) is 0.342. The fraction of sp³-hybridized carbons (Fsp3) is 0.136. The summed E-state index contributed by atoms with van der Waals surface area (Å²) >= 11 is 0. The van der Waals surface area contributed by atoms with Crippen molar-refractivity contribution in [3.63, 3.8) is 0 Å². The van der Waals surface area contributed by atoms with E-state index in [1.54, 1.807) is 10.9 Å². The van der Waals surface area contributed by atoms with Crippen LogP contribution in [0.5, 0.6) is 0 Å². The topological polar surface area (TPSA) is 59.3 Å². The van der Waals surface area contributed by atoms with Gasteiger partial charge < -0.3 is 0 Å². The Labute approximate surface area is 157 Å². The summed E-state index contributed by atoms with van der Waals surface area (Å²) in [5, 5.41) is 13.0. The Kier molecular flexibility index (Phi) is 4.42. The highest BCUT2D eigenvalue weighted by molar-refractivity contribution is 6.13. The highest BCUT2D eigenvalue weighted by Gasteiger charge is 2.07. The lowest BCUT2D eigenvalue weighted by Crippen LogP contribution is -2.24. The molecule has 0 aliphatic rings. The molecule has 27 heavy (non-hydrogen) atoms. The molecule has 0 aliphatic carbocycles. The molecule has 4 aromatic rings. The molecule has 0 bridgehead atoms. The van der Waals surface area contributed by atoms with Crippen LogP contribution >= 0.6 is 0 Å². The Morgan fingerprint density at radius 1 is 1.04 bits per heavy atom. The molecular weight excluding hydrogens is 336 g/mol. The van der Waals surface area contributed by atoms with Crippen molar-refractivity contribution in [2.24, 2.45) is 5.10 Å². The Morgan fingerprint density at radius 2 is 1.67 bits per heavy atom. The lowest BCUT2D eigenvalue weighted by molar-refractivity contribution is -0.121. The van der Waals surface area contributed by atoms with Gasteiger partial charge in [-0.15, -0.1) is 0 Å². The molecule has 3 aromatic carbocycles. The average molecular weight is 356 g/mol. The predicted molar refractivity (Wildman–Crippen MR) is 109 cm³/mol. The molecule has 1 amide bonds. The molecular formula is C22H20N4O. The van der Waals surface area contributed by atoms with Gasteiger partial charge in [0.05, 0.1) is 11.9 Å². The number of fused-ring (bicyclic) bond motifs is 2. The first-order chi connectivity index (χ1) is 13.1. The maximum atomic E-state index is 12.2. The van der Waals surface area contributed by atoms with Gasteiger partial charge in [-0.2, -0.15) is 10.2 Å². The number of aryl methyl sites for hydroxylation is 2. The zero-order valence-corrected chi connectivity index (χ0v) is 15.3. The number of hydrogen-bond acceptors (Lipinski definition) is 3. The molecule has 1 aromatic heterocycles. The van der Waals surface area contributed by atoms with Crippen molar-refractivity contribution in [3.05, 3.63) is 77.6 Å². The lowest BCUT2D eigenvalue weighted by atomic mass is 9.97. The summed E-state index contributed by atoms with van der Waals surface area (Å²) in [6.07, 6.45) is 1.73. The number of hydrogen-bond donors (Lipinski definition) is 1. The lowest BCUT2D eigenvalue weighted by Gasteiger charge is -2.08. The Hall–Kier alpha value is -3.47. The van der Waals surface area contributed by atoms with E-state index in [-0.39, 0.29) is 12.5 Å². The van der Waals surface area contributed by atoms with Crippen LogP contribution in [0.2, 0.25) is 0 Å². The van der Waals surface area contributed by atoms with Crippen molar-refractivity contribution < 1.29 is 4.79 Å².